The molecule has 16 heavy (non-hydrogen) atoms. The first-order valence-electron chi connectivity index (χ1n) is 5.53. The van der Waals surface area contributed by atoms with Crippen LogP contribution in [0.25, 0.3) is 0 Å². The van der Waals surface area contributed by atoms with E-state index in [2.05, 4.69) is 0 Å². The van der Waals surface area contributed by atoms with Crippen LogP contribution in [0.3, 0.4) is 0 Å². The van der Waals surface area contributed by atoms with E-state index in [4.69, 9.17) is 4.74 Å². The second-order valence-corrected chi connectivity index (χ2v) is 4.25. The normalized spacial score (nSPS) is 18.9. The summed E-state index contributed by atoms with van der Waals surface area (Å²) in [5, 5.41) is 9.34. The minimum absolute atomic E-state index is 0.0807. The van der Waals surface area contributed by atoms with Crippen molar-refractivity contribution in [1.29, 1.82) is 0 Å². The number of Topliss-reactive ketones (excluding diaryl/α,β-unsaturated/α-hetero) is 1. The van der Waals surface area contributed by atoms with Gasteiger partial charge in [0.05, 0.1) is 5.56 Å². The zero-order valence-corrected chi connectivity index (χ0v) is 8.82. The average molecular weight is 216 g/mol. The molecule has 0 spiro atoms. The third-order valence-electron chi connectivity index (χ3n) is 3.15. The van der Waals surface area contributed by atoms with Crippen LogP contribution in [-0.4, -0.2) is 10.9 Å². The van der Waals surface area contributed by atoms with Gasteiger partial charge in [0, 0.05) is 0 Å². The number of ketones is 1. The molecule has 0 unspecified atom stereocenters. The van der Waals surface area contributed by atoms with E-state index in [-0.39, 0.29) is 11.5 Å². The first-order valence-corrected chi connectivity index (χ1v) is 5.53. The molecule has 0 atom stereocenters. The van der Waals surface area contributed by atoms with Gasteiger partial charge in [-0.1, -0.05) is 0 Å². The number of hydrogen-bond acceptors (Lipinski definition) is 3. The van der Waals surface area contributed by atoms with Crippen molar-refractivity contribution in [2.24, 2.45) is 0 Å². The van der Waals surface area contributed by atoms with Crippen molar-refractivity contribution in [3.8, 4) is 11.5 Å². The predicted molar refractivity (Wildman–Crippen MR) is 58.6 cm³/mol. The first kappa shape index (κ1) is 9.46. The van der Waals surface area contributed by atoms with Gasteiger partial charge in [-0.05, 0) is 49.5 Å². The SMILES string of the molecule is O=C1C(=C2CCCC2)Oc2ccc(O)cc21. The van der Waals surface area contributed by atoms with Crippen LogP contribution in [0, 0.1) is 0 Å². The van der Waals surface area contributed by atoms with Gasteiger partial charge in [0.25, 0.3) is 0 Å². The molecule has 0 saturated heterocycles. The van der Waals surface area contributed by atoms with Crippen LogP contribution in [0.2, 0.25) is 0 Å². The minimum atomic E-state index is -0.0807. The van der Waals surface area contributed by atoms with Gasteiger partial charge in [-0.3, -0.25) is 4.79 Å². The lowest BCUT2D eigenvalue weighted by atomic mass is 10.1. The Hall–Kier alpha value is -1.77. The summed E-state index contributed by atoms with van der Waals surface area (Å²) >= 11 is 0. The fraction of sp³-hybridized carbons (Fsp3) is 0.308. The van der Waals surface area contributed by atoms with Crippen LogP contribution in [0.4, 0.5) is 0 Å². The average Bonchev–Trinajstić information content (AvgIpc) is 2.87. The summed E-state index contributed by atoms with van der Waals surface area (Å²) in [6, 6.07) is 4.65. The summed E-state index contributed by atoms with van der Waals surface area (Å²) < 4.78 is 5.58. The maximum atomic E-state index is 12.0. The number of carbonyl (C=O) groups is 1. The molecular formula is C13H12O3. The Morgan fingerprint density at radius 1 is 1.19 bits per heavy atom. The van der Waals surface area contributed by atoms with Gasteiger partial charge in [0.15, 0.2) is 5.76 Å². The molecule has 3 nitrogen and oxygen atoms in total. The Labute approximate surface area is 93.4 Å². The topological polar surface area (TPSA) is 46.5 Å². The fourth-order valence-electron chi connectivity index (χ4n) is 2.32. The summed E-state index contributed by atoms with van der Waals surface area (Å²) in [7, 11) is 0. The van der Waals surface area contributed by atoms with Crippen molar-refractivity contribution in [3.63, 3.8) is 0 Å². The van der Waals surface area contributed by atoms with Crippen molar-refractivity contribution in [2.75, 3.05) is 0 Å². The number of aromatic hydroxyl groups is 1. The highest BCUT2D eigenvalue weighted by Crippen LogP contribution is 2.38. The Morgan fingerprint density at radius 3 is 2.69 bits per heavy atom. The molecule has 1 saturated carbocycles. The summed E-state index contributed by atoms with van der Waals surface area (Å²) in [5.41, 5.74) is 1.61. The lowest BCUT2D eigenvalue weighted by Crippen LogP contribution is -2.01. The summed E-state index contributed by atoms with van der Waals surface area (Å²) in [5.74, 6) is 1.09. The van der Waals surface area contributed by atoms with E-state index in [0.717, 1.165) is 31.3 Å². The van der Waals surface area contributed by atoms with E-state index in [1.807, 2.05) is 0 Å². The number of allylic oxidation sites excluding steroid dienone is 2. The van der Waals surface area contributed by atoms with Gasteiger partial charge >= 0.3 is 0 Å². The van der Waals surface area contributed by atoms with Crippen molar-refractivity contribution >= 4 is 5.78 Å². The Bertz CT molecular complexity index is 492. The van der Waals surface area contributed by atoms with E-state index in [0.29, 0.717) is 17.1 Å². The standard InChI is InChI=1S/C13H12O3/c14-9-5-6-11-10(7-9)12(15)13(16-11)8-3-1-2-4-8/h5-7,14H,1-4H2. The van der Waals surface area contributed by atoms with Crippen molar-refractivity contribution in [3.05, 3.63) is 35.1 Å². The molecule has 1 N–H and O–H groups in total. The van der Waals surface area contributed by atoms with Gasteiger partial charge in [0.2, 0.25) is 5.78 Å². The quantitative estimate of drug-likeness (QED) is 0.678. The molecule has 3 heteroatoms. The molecule has 1 heterocycles. The summed E-state index contributed by atoms with van der Waals surface area (Å²) in [4.78, 5) is 12.0. The van der Waals surface area contributed by atoms with Gasteiger partial charge in [0.1, 0.15) is 11.5 Å². The number of rotatable bonds is 0. The van der Waals surface area contributed by atoms with Gasteiger partial charge in [-0.2, -0.15) is 0 Å². The van der Waals surface area contributed by atoms with E-state index in [9.17, 15) is 9.90 Å². The van der Waals surface area contributed by atoms with Gasteiger partial charge < -0.3 is 9.84 Å². The molecule has 1 aromatic rings. The van der Waals surface area contributed by atoms with Crippen LogP contribution in [-0.2, 0) is 0 Å². The Morgan fingerprint density at radius 2 is 1.94 bits per heavy atom. The number of benzene rings is 1. The zero-order chi connectivity index (χ0) is 11.1. The molecule has 3 rings (SSSR count). The molecule has 0 bridgehead atoms. The lowest BCUT2D eigenvalue weighted by Gasteiger charge is -2.01. The fourth-order valence-corrected chi connectivity index (χ4v) is 2.32. The minimum Gasteiger partial charge on any atom is -0.508 e. The number of hydrogen-bond donors (Lipinski definition) is 1. The first-order chi connectivity index (χ1) is 7.75. The van der Waals surface area contributed by atoms with Crippen molar-refractivity contribution in [1.82, 2.24) is 0 Å². The molecule has 2 aliphatic rings. The molecule has 1 aromatic carbocycles. The largest absolute Gasteiger partial charge is 0.508 e. The smallest absolute Gasteiger partial charge is 0.232 e. The van der Waals surface area contributed by atoms with Crippen LogP contribution < -0.4 is 4.74 Å². The van der Waals surface area contributed by atoms with Crippen LogP contribution in [0.15, 0.2) is 29.5 Å². The number of ether oxygens (including phenoxy) is 1. The maximum Gasteiger partial charge on any atom is 0.232 e. The van der Waals surface area contributed by atoms with Crippen molar-refractivity contribution in [2.45, 2.75) is 25.7 Å². The number of phenolic OH excluding ortho intramolecular Hbond substituents is 1. The molecular weight excluding hydrogens is 204 g/mol. The monoisotopic (exact) mass is 216 g/mol. The molecule has 82 valence electrons. The Balaban J connectivity index is 2.07. The second-order valence-electron chi connectivity index (χ2n) is 4.25. The molecule has 1 aliphatic heterocycles. The summed E-state index contributed by atoms with van der Waals surface area (Å²) in [6.45, 7) is 0. The van der Waals surface area contributed by atoms with E-state index in [1.165, 1.54) is 12.1 Å². The zero-order valence-electron chi connectivity index (χ0n) is 8.82. The van der Waals surface area contributed by atoms with Gasteiger partial charge in [-0.15, -0.1) is 0 Å². The molecule has 0 aromatic heterocycles. The van der Waals surface area contributed by atoms with Crippen LogP contribution in [0.1, 0.15) is 36.0 Å². The molecule has 0 radical (unpaired) electrons. The number of fused-ring (bicyclic) bond motifs is 1. The van der Waals surface area contributed by atoms with E-state index < -0.39 is 0 Å². The van der Waals surface area contributed by atoms with Gasteiger partial charge in [-0.25, -0.2) is 0 Å². The van der Waals surface area contributed by atoms with Crippen LogP contribution in [0.5, 0.6) is 11.5 Å². The predicted octanol–water partition coefficient (Wildman–Crippen LogP) is 2.80. The van der Waals surface area contributed by atoms with Crippen molar-refractivity contribution < 1.29 is 14.6 Å². The number of carbonyl (C=O) groups excluding carboxylic acids is 1. The number of phenols is 1. The highest BCUT2D eigenvalue weighted by Gasteiger charge is 2.31. The van der Waals surface area contributed by atoms with E-state index >= 15 is 0 Å². The highest BCUT2D eigenvalue weighted by molar-refractivity contribution is 6.12. The third-order valence-corrected chi connectivity index (χ3v) is 3.15. The molecule has 1 fully saturated rings. The summed E-state index contributed by atoms with van der Waals surface area (Å²) in [6.07, 6.45) is 4.19. The second kappa shape index (κ2) is 3.37. The molecule has 1 aliphatic carbocycles. The highest BCUT2D eigenvalue weighted by atomic mass is 16.5. The lowest BCUT2D eigenvalue weighted by molar-refractivity contribution is 0.101. The third kappa shape index (κ3) is 1.32. The molecule has 0 amide bonds. The van der Waals surface area contributed by atoms with E-state index in [1.54, 1.807) is 6.07 Å². The Kier molecular flexibility index (Phi) is 1.99. The van der Waals surface area contributed by atoms with Crippen LogP contribution >= 0.6 is 0 Å². The maximum absolute atomic E-state index is 12.0.